The van der Waals surface area contributed by atoms with Gasteiger partial charge in [-0.3, -0.25) is 5.41 Å². The van der Waals surface area contributed by atoms with Crippen LogP contribution in [0.3, 0.4) is 0 Å². The fourth-order valence-corrected chi connectivity index (χ4v) is 9.80. The molecule has 0 fully saturated rings. The maximum absolute atomic E-state index is 9.04. The minimum Gasteiger partial charge on any atom is -0.309 e. The van der Waals surface area contributed by atoms with Crippen molar-refractivity contribution in [2.75, 3.05) is 0 Å². The van der Waals surface area contributed by atoms with Gasteiger partial charge in [0.15, 0.2) is 5.84 Å². The number of rotatable bonds is 8. The maximum Gasteiger partial charge on any atom is 0.152 e. The van der Waals surface area contributed by atoms with E-state index < -0.39 is 0 Å². The molecule has 0 bridgehead atoms. The van der Waals surface area contributed by atoms with Crippen LogP contribution in [-0.2, 0) is 0 Å². The average Bonchev–Trinajstić information content (AvgIpc) is 3.73. The molecule has 0 spiro atoms. The van der Waals surface area contributed by atoms with Gasteiger partial charge in [-0.2, -0.15) is 0 Å². The van der Waals surface area contributed by atoms with Crippen molar-refractivity contribution < 1.29 is 0 Å². The van der Waals surface area contributed by atoms with Gasteiger partial charge in [0.2, 0.25) is 0 Å². The molecule has 0 unspecified atom stereocenters. The first-order valence-corrected chi connectivity index (χ1v) is 22.8. The lowest BCUT2D eigenvalue weighted by Crippen LogP contribution is -2.03. The van der Waals surface area contributed by atoms with Gasteiger partial charge in [0.25, 0.3) is 0 Å². The van der Waals surface area contributed by atoms with Crippen molar-refractivity contribution in [1.29, 1.82) is 5.41 Å². The third kappa shape index (κ3) is 7.39. The van der Waals surface area contributed by atoms with E-state index >= 15 is 0 Å². The Morgan fingerprint density at radius 1 is 0.373 bits per heavy atom. The summed E-state index contributed by atoms with van der Waals surface area (Å²) in [4.78, 5) is 4.95. The number of nitrogens with zero attached hydrogens (tertiary/aromatic N) is 2. The van der Waals surface area contributed by atoms with Gasteiger partial charge in [-0.15, -0.1) is 0 Å². The second-order valence-corrected chi connectivity index (χ2v) is 17.1. The fourth-order valence-electron chi connectivity index (χ4n) is 9.80. The van der Waals surface area contributed by atoms with Crippen LogP contribution < -0.4 is 0 Å². The number of benzene rings is 11. The Bertz CT molecular complexity index is 3910. The van der Waals surface area contributed by atoms with E-state index in [0.717, 1.165) is 44.6 Å². The Kier molecular flexibility index (Phi) is 10.00. The summed E-state index contributed by atoms with van der Waals surface area (Å²) in [6.45, 7) is 0. The highest BCUT2D eigenvalue weighted by molar-refractivity contribution is 6.20. The molecule has 1 heterocycles. The highest BCUT2D eigenvalue weighted by atomic mass is 15.0. The van der Waals surface area contributed by atoms with Crippen LogP contribution in [0.2, 0.25) is 0 Å². The fraction of sp³-hybridized carbons (Fsp3) is 0. The molecular weight excluding hydrogens is 811 g/mol. The summed E-state index contributed by atoms with van der Waals surface area (Å²) in [5.41, 5.74) is 13.9. The molecule has 0 aliphatic rings. The summed E-state index contributed by atoms with van der Waals surface area (Å²) in [5.74, 6) is 0.211. The van der Waals surface area contributed by atoms with E-state index in [1.165, 1.54) is 65.3 Å². The number of fused-ring (bicyclic) bond motifs is 7. The molecule has 1 N–H and O–H groups in total. The quantitative estimate of drug-likeness (QED) is 0.0685. The van der Waals surface area contributed by atoms with Crippen LogP contribution in [0, 0.1) is 5.41 Å². The van der Waals surface area contributed by atoms with Crippen molar-refractivity contribution in [3.05, 3.63) is 265 Å². The summed E-state index contributed by atoms with van der Waals surface area (Å²) in [6, 6.07) is 86.1. The van der Waals surface area contributed by atoms with Crippen molar-refractivity contribution in [3.8, 4) is 39.1 Å². The lowest BCUT2D eigenvalue weighted by molar-refractivity contribution is 1.18. The van der Waals surface area contributed by atoms with Crippen LogP contribution in [0.25, 0.3) is 99.3 Å². The molecule has 1 aromatic heterocycles. The number of hydrogen-bond donors (Lipinski definition) is 1. The third-order valence-corrected chi connectivity index (χ3v) is 13.1. The number of aliphatic imine (C=N–C) groups is 1. The van der Waals surface area contributed by atoms with Gasteiger partial charge in [-0.25, -0.2) is 4.99 Å². The van der Waals surface area contributed by atoms with Crippen molar-refractivity contribution in [2.24, 2.45) is 4.99 Å². The van der Waals surface area contributed by atoms with Gasteiger partial charge in [0.05, 0.1) is 16.7 Å². The Hall–Kier alpha value is -8.92. The third-order valence-electron chi connectivity index (χ3n) is 13.1. The zero-order valence-corrected chi connectivity index (χ0v) is 36.6. The average molecular weight is 854 g/mol. The van der Waals surface area contributed by atoms with E-state index in [0.29, 0.717) is 5.71 Å². The topological polar surface area (TPSA) is 41.1 Å². The first-order valence-electron chi connectivity index (χ1n) is 22.8. The monoisotopic (exact) mass is 853 g/mol. The predicted octanol–water partition coefficient (Wildman–Crippen LogP) is 16.8. The molecule has 0 saturated carbocycles. The molecule has 0 saturated heterocycles. The second-order valence-electron chi connectivity index (χ2n) is 17.1. The molecular formula is C64H43N3. The molecule has 11 aromatic carbocycles. The minimum absolute atomic E-state index is 0.211. The maximum atomic E-state index is 9.04. The van der Waals surface area contributed by atoms with Crippen LogP contribution in [0.1, 0.15) is 16.7 Å². The molecule has 314 valence electrons. The van der Waals surface area contributed by atoms with Crippen LogP contribution in [0.15, 0.2) is 254 Å². The van der Waals surface area contributed by atoms with Crippen molar-refractivity contribution >= 4 is 71.7 Å². The smallest absolute Gasteiger partial charge is 0.152 e. The number of nitrogens with one attached hydrogen (secondary N) is 1. The number of hydrogen-bond acceptors (Lipinski definition) is 1. The van der Waals surface area contributed by atoms with Gasteiger partial charge in [-0.05, 0) is 120 Å². The largest absolute Gasteiger partial charge is 0.309 e. The van der Waals surface area contributed by atoms with Gasteiger partial charge in [0, 0.05) is 27.6 Å². The highest BCUT2D eigenvalue weighted by Crippen LogP contribution is 2.41. The van der Waals surface area contributed by atoms with E-state index in [1.807, 2.05) is 36.4 Å². The summed E-state index contributed by atoms with van der Waals surface area (Å²) in [5, 5.41) is 19.0. The van der Waals surface area contributed by atoms with Gasteiger partial charge >= 0.3 is 0 Å². The lowest BCUT2D eigenvalue weighted by Gasteiger charge is -2.15. The van der Waals surface area contributed by atoms with Crippen LogP contribution in [0.5, 0.6) is 0 Å². The molecule has 12 aromatic rings. The Morgan fingerprint density at radius 3 is 1.81 bits per heavy atom. The minimum atomic E-state index is 0.211. The molecule has 3 heteroatoms. The molecule has 3 nitrogen and oxygen atoms in total. The van der Waals surface area contributed by atoms with Gasteiger partial charge in [-0.1, -0.05) is 206 Å². The normalized spacial score (nSPS) is 12.0. The number of allylic oxidation sites excluding steroid dienone is 1. The van der Waals surface area contributed by atoms with Crippen LogP contribution in [0.4, 0.5) is 0 Å². The predicted molar refractivity (Wildman–Crippen MR) is 285 cm³/mol. The van der Waals surface area contributed by atoms with Crippen LogP contribution in [-0.4, -0.2) is 16.1 Å². The van der Waals surface area contributed by atoms with E-state index in [1.54, 1.807) is 0 Å². The highest BCUT2D eigenvalue weighted by Gasteiger charge is 2.15. The van der Waals surface area contributed by atoms with E-state index in [4.69, 9.17) is 10.4 Å². The van der Waals surface area contributed by atoms with Crippen molar-refractivity contribution in [3.63, 3.8) is 0 Å². The Balaban J connectivity index is 0.895. The first kappa shape index (κ1) is 39.7. The summed E-state index contributed by atoms with van der Waals surface area (Å²) >= 11 is 0. The molecule has 67 heavy (non-hydrogen) atoms. The number of amidine groups is 1. The van der Waals surface area contributed by atoms with Crippen LogP contribution >= 0.6 is 0 Å². The Labute approximate surface area is 389 Å². The lowest BCUT2D eigenvalue weighted by atomic mass is 9.89. The van der Waals surface area contributed by atoms with E-state index in [9.17, 15) is 0 Å². The second kappa shape index (κ2) is 16.9. The summed E-state index contributed by atoms with van der Waals surface area (Å²) < 4.78 is 2.35. The van der Waals surface area contributed by atoms with Crippen molar-refractivity contribution in [1.82, 2.24) is 4.57 Å². The van der Waals surface area contributed by atoms with E-state index in [-0.39, 0.29) is 5.84 Å². The Morgan fingerprint density at radius 2 is 0.985 bits per heavy atom. The number of para-hydroxylation sites is 2. The first-order chi connectivity index (χ1) is 33.1. The van der Waals surface area contributed by atoms with Crippen molar-refractivity contribution in [2.45, 2.75) is 0 Å². The molecule has 0 aliphatic heterocycles. The number of aromatic nitrogens is 1. The molecule has 0 amide bonds. The standard InChI is InChI=1S/C64H43N3/c65-64(47-17-3-1-4-18-47)66-60(46-32-30-44(31-33-46)50-35-36-57-56-27-11-12-28-61(56)67(62(57)42-50)53-23-5-2-6-24-53)38-29-43-15-13-20-48(39-43)49-21-14-22-52(40-49)63-55-26-10-8-19-51(55)41-59-54-25-9-7-16-45(54)34-37-58(59)63/h1-42,65H/b38-29+,65-64?,66-60?. The molecule has 12 rings (SSSR count). The zero-order chi connectivity index (χ0) is 44.7. The molecule has 0 atom stereocenters. The molecule has 0 radical (unpaired) electrons. The van der Waals surface area contributed by atoms with Gasteiger partial charge < -0.3 is 4.57 Å². The SMILES string of the molecule is N=C(N=C(/C=C/c1cccc(-c2cccc(-c3c4ccccc4cc4c3ccc3ccccc34)c2)c1)c1ccc(-c2ccc3c4ccccc4n(-c4ccccc4)c3c2)cc1)c1ccccc1. The zero-order valence-electron chi connectivity index (χ0n) is 36.6. The summed E-state index contributed by atoms with van der Waals surface area (Å²) in [7, 11) is 0. The van der Waals surface area contributed by atoms with Gasteiger partial charge in [0.1, 0.15) is 0 Å². The van der Waals surface area contributed by atoms with E-state index in [2.05, 4.69) is 223 Å². The summed E-state index contributed by atoms with van der Waals surface area (Å²) in [6.07, 6.45) is 4.15. The molecule has 0 aliphatic carbocycles.